The van der Waals surface area contributed by atoms with Crippen molar-refractivity contribution in [2.24, 2.45) is 0 Å². The van der Waals surface area contributed by atoms with E-state index in [0.29, 0.717) is 13.0 Å². The van der Waals surface area contributed by atoms with Crippen molar-refractivity contribution in [2.45, 2.75) is 38.7 Å². The summed E-state index contributed by atoms with van der Waals surface area (Å²) in [7, 11) is 0. The molecule has 0 fully saturated rings. The van der Waals surface area contributed by atoms with Gasteiger partial charge in [0, 0.05) is 13.2 Å². The van der Waals surface area contributed by atoms with Gasteiger partial charge < -0.3 is 14.9 Å². The van der Waals surface area contributed by atoms with Crippen molar-refractivity contribution in [1.29, 1.82) is 0 Å². The van der Waals surface area contributed by atoms with Gasteiger partial charge in [0.1, 0.15) is 0 Å². The molecule has 0 radical (unpaired) electrons. The molecule has 0 aliphatic carbocycles. The van der Waals surface area contributed by atoms with E-state index in [0.717, 1.165) is 13.0 Å². The number of hydrogen-bond donors (Lipinski definition) is 2. The lowest BCUT2D eigenvalue weighted by molar-refractivity contribution is 0.0229. The van der Waals surface area contributed by atoms with Gasteiger partial charge >= 0.3 is 0 Å². The molecule has 0 spiro atoms. The third-order valence-electron chi connectivity index (χ3n) is 1.66. The summed E-state index contributed by atoms with van der Waals surface area (Å²) in [4.78, 5) is 0. The topological polar surface area (TPSA) is 49.7 Å². The Kier molecular flexibility index (Phi) is 8.88. The van der Waals surface area contributed by atoms with Crippen LogP contribution in [0.1, 0.15) is 32.6 Å². The Morgan fingerprint density at radius 3 is 2.67 bits per heavy atom. The van der Waals surface area contributed by atoms with E-state index in [1.165, 1.54) is 12.8 Å². The molecule has 0 rings (SSSR count). The highest BCUT2D eigenvalue weighted by molar-refractivity contribution is 4.51. The Hall–Kier alpha value is -0.120. The van der Waals surface area contributed by atoms with E-state index in [4.69, 9.17) is 14.9 Å². The summed E-state index contributed by atoms with van der Waals surface area (Å²) in [6.45, 7) is 3.24. The molecule has 3 heteroatoms. The van der Waals surface area contributed by atoms with Gasteiger partial charge in [0.25, 0.3) is 0 Å². The van der Waals surface area contributed by atoms with Crippen LogP contribution in [0.4, 0.5) is 0 Å². The fourth-order valence-electron chi connectivity index (χ4n) is 0.906. The summed E-state index contributed by atoms with van der Waals surface area (Å²) in [5.74, 6) is 0. The number of aliphatic hydroxyl groups excluding tert-OH is 2. The molecule has 0 aromatic rings. The highest BCUT2D eigenvalue weighted by Gasteiger charge is 2.01. The fraction of sp³-hybridized carbons (Fsp3) is 1.00. The van der Waals surface area contributed by atoms with Gasteiger partial charge in [-0.15, -0.1) is 0 Å². The summed E-state index contributed by atoms with van der Waals surface area (Å²) >= 11 is 0. The molecular formula is C9H20O3. The number of hydrogen-bond acceptors (Lipinski definition) is 3. The van der Waals surface area contributed by atoms with E-state index in [9.17, 15) is 0 Å². The molecule has 12 heavy (non-hydrogen) atoms. The third-order valence-corrected chi connectivity index (χ3v) is 1.66. The molecule has 0 saturated carbocycles. The average molecular weight is 176 g/mol. The molecule has 0 saturated heterocycles. The highest BCUT2D eigenvalue weighted by atomic mass is 16.5. The first kappa shape index (κ1) is 11.9. The zero-order chi connectivity index (χ0) is 9.23. The van der Waals surface area contributed by atoms with Gasteiger partial charge in [-0.05, 0) is 12.8 Å². The van der Waals surface area contributed by atoms with Crippen LogP contribution in [0.25, 0.3) is 0 Å². The second kappa shape index (κ2) is 8.97. The predicted octanol–water partition coefficient (Wildman–Crippen LogP) is 0.936. The van der Waals surface area contributed by atoms with Crippen molar-refractivity contribution in [3.8, 4) is 0 Å². The van der Waals surface area contributed by atoms with Crippen molar-refractivity contribution in [2.75, 3.05) is 19.8 Å². The molecule has 0 aliphatic heterocycles. The monoisotopic (exact) mass is 176 g/mol. The predicted molar refractivity (Wildman–Crippen MR) is 48.1 cm³/mol. The van der Waals surface area contributed by atoms with Crippen molar-refractivity contribution < 1.29 is 14.9 Å². The zero-order valence-corrected chi connectivity index (χ0v) is 7.83. The van der Waals surface area contributed by atoms with E-state index < -0.39 is 6.10 Å². The second-order valence-corrected chi connectivity index (χ2v) is 2.95. The lowest BCUT2D eigenvalue weighted by Gasteiger charge is -2.08. The Morgan fingerprint density at radius 2 is 2.08 bits per heavy atom. The number of unbranched alkanes of at least 4 members (excludes halogenated alkanes) is 2. The molecule has 0 aliphatic rings. The van der Waals surface area contributed by atoms with Crippen molar-refractivity contribution in [3.05, 3.63) is 0 Å². The Labute approximate surface area is 74.4 Å². The summed E-state index contributed by atoms with van der Waals surface area (Å²) in [6, 6.07) is 0. The van der Waals surface area contributed by atoms with Crippen LogP contribution in [0.5, 0.6) is 0 Å². The summed E-state index contributed by atoms with van der Waals surface area (Å²) in [6.07, 6.45) is 3.33. The van der Waals surface area contributed by atoms with Gasteiger partial charge in [0.05, 0.1) is 12.7 Å². The van der Waals surface area contributed by atoms with Crippen LogP contribution in [0, 0.1) is 0 Å². The van der Waals surface area contributed by atoms with Crippen LogP contribution < -0.4 is 0 Å². The van der Waals surface area contributed by atoms with Crippen LogP contribution in [0.2, 0.25) is 0 Å². The summed E-state index contributed by atoms with van der Waals surface area (Å²) < 4.78 is 5.19. The van der Waals surface area contributed by atoms with E-state index in [1.54, 1.807) is 0 Å². The van der Waals surface area contributed by atoms with Crippen LogP contribution in [0.3, 0.4) is 0 Å². The first-order valence-corrected chi connectivity index (χ1v) is 4.68. The minimum Gasteiger partial charge on any atom is -0.396 e. The molecular weight excluding hydrogens is 156 g/mol. The van der Waals surface area contributed by atoms with Crippen LogP contribution in [0.15, 0.2) is 0 Å². The van der Waals surface area contributed by atoms with Crippen LogP contribution in [-0.2, 0) is 4.74 Å². The molecule has 0 heterocycles. The molecule has 1 unspecified atom stereocenters. The van der Waals surface area contributed by atoms with Crippen LogP contribution in [-0.4, -0.2) is 36.1 Å². The first-order chi connectivity index (χ1) is 5.81. The maximum atomic E-state index is 9.12. The number of rotatable bonds is 8. The molecule has 0 aromatic heterocycles. The molecule has 2 N–H and O–H groups in total. The normalized spacial score (nSPS) is 13.2. The Balaban J connectivity index is 2.97. The third kappa shape index (κ3) is 7.98. The number of aliphatic hydroxyl groups is 2. The van der Waals surface area contributed by atoms with E-state index in [2.05, 4.69) is 6.92 Å². The smallest absolute Gasteiger partial charge is 0.0795 e. The van der Waals surface area contributed by atoms with Crippen molar-refractivity contribution in [3.63, 3.8) is 0 Å². The molecule has 0 bridgehead atoms. The van der Waals surface area contributed by atoms with Gasteiger partial charge in [0.15, 0.2) is 0 Å². The summed E-state index contributed by atoms with van der Waals surface area (Å²) in [5, 5.41) is 17.6. The lowest BCUT2D eigenvalue weighted by atomic mass is 10.2. The zero-order valence-electron chi connectivity index (χ0n) is 7.83. The van der Waals surface area contributed by atoms with Gasteiger partial charge in [-0.2, -0.15) is 0 Å². The lowest BCUT2D eigenvalue weighted by Crippen LogP contribution is -2.17. The Morgan fingerprint density at radius 1 is 1.33 bits per heavy atom. The van der Waals surface area contributed by atoms with Crippen molar-refractivity contribution >= 4 is 0 Å². The van der Waals surface area contributed by atoms with Gasteiger partial charge in [-0.1, -0.05) is 19.8 Å². The molecule has 3 nitrogen and oxygen atoms in total. The van der Waals surface area contributed by atoms with Gasteiger partial charge in [0.2, 0.25) is 0 Å². The minimum atomic E-state index is -0.503. The first-order valence-electron chi connectivity index (χ1n) is 4.68. The fourth-order valence-corrected chi connectivity index (χ4v) is 0.906. The van der Waals surface area contributed by atoms with Crippen molar-refractivity contribution in [1.82, 2.24) is 0 Å². The average Bonchev–Trinajstić information content (AvgIpc) is 2.05. The molecule has 0 aromatic carbocycles. The molecule has 1 atom stereocenters. The maximum absolute atomic E-state index is 9.12. The molecule has 74 valence electrons. The second-order valence-electron chi connectivity index (χ2n) is 2.95. The van der Waals surface area contributed by atoms with Gasteiger partial charge in [-0.25, -0.2) is 0 Å². The maximum Gasteiger partial charge on any atom is 0.0795 e. The standard InChI is InChI=1S/C9H20O3/c1-2-3-4-7-12-8-9(11)5-6-10/h9-11H,2-8H2,1H3. The van der Waals surface area contributed by atoms with E-state index in [-0.39, 0.29) is 6.61 Å². The molecule has 0 amide bonds. The Bertz CT molecular complexity index is 85.8. The SMILES string of the molecule is CCCCCOCC(O)CCO. The largest absolute Gasteiger partial charge is 0.396 e. The summed E-state index contributed by atoms with van der Waals surface area (Å²) in [5.41, 5.74) is 0. The number of ether oxygens (including phenoxy) is 1. The van der Waals surface area contributed by atoms with Crippen LogP contribution >= 0.6 is 0 Å². The quantitative estimate of drug-likeness (QED) is 0.541. The van der Waals surface area contributed by atoms with E-state index in [1.807, 2.05) is 0 Å². The minimum absolute atomic E-state index is 0.0273. The van der Waals surface area contributed by atoms with Gasteiger partial charge in [-0.3, -0.25) is 0 Å². The highest BCUT2D eigenvalue weighted by Crippen LogP contribution is 1.96. The van der Waals surface area contributed by atoms with E-state index >= 15 is 0 Å².